The number of thiazole rings is 1. The number of likely N-dealkylation sites (N-methyl/N-ethyl adjacent to an activating group) is 1. The molecule has 1 aliphatic heterocycles. The van der Waals surface area contributed by atoms with Crippen molar-refractivity contribution in [2.75, 3.05) is 44.7 Å². The normalized spacial score (nSPS) is 19.7. The van der Waals surface area contributed by atoms with Crippen LogP contribution in [0.5, 0.6) is 0 Å². The van der Waals surface area contributed by atoms with Crippen LogP contribution in [0.4, 0.5) is 18.3 Å². The summed E-state index contributed by atoms with van der Waals surface area (Å²) in [5.41, 5.74) is 5.11. The van der Waals surface area contributed by atoms with Gasteiger partial charge in [-0.3, -0.25) is 9.69 Å². The first-order valence-corrected chi connectivity index (χ1v) is 7.44. The Kier molecular flexibility index (Phi) is 5.24. The molecule has 2 heterocycles. The average Bonchev–Trinajstić information content (AvgIpc) is 2.87. The highest BCUT2D eigenvalue weighted by Gasteiger charge is 2.34. The summed E-state index contributed by atoms with van der Waals surface area (Å²) in [4.78, 5) is 17.5. The Morgan fingerprint density at radius 3 is 2.95 bits per heavy atom. The van der Waals surface area contributed by atoms with Crippen molar-refractivity contribution in [2.45, 2.75) is 12.3 Å². The van der Waals surface area contributed by atoms with Gasteiger partial charge in [0, 0.05) is 19.6 Å². The van der Waals surface area contributed by atoms with E-state index >= 15 is 0 Å². The number of rotatable bonds is 5. The highest BCUT2D eigenvalue weighted by atomic mass is 32.1. The first kappa shape index (κ1) is 17.0. The van der Waals surface area contributed by atoms with Gasteiger partial charge in [-0.2, -0.15) is 13.2 Å². The third-order valence-corrected chi connectivity index (χ3v) is 4.23. The number of carbonyl (C=O) groups is 1. The van der Waals surface area contributed by atoms with Crippen LogP contribution in [0, 0.1) is 0 Å². The number of halogens is 3. The summed E-state index contributed by atoms with van der Waals surface area (Å²) in [7, 11) is 1.73. The molecule has 2 rings (SSSR count). The molecule has 0 aliphatic carbocycles. The number of anilines is 1. The molecule has 10 heteroatoms. The molecule has 124 valence electrons. The molecule has 1 saturated heterocycles. The van der Waals surface area contributed by atoms with E-state index in [-0.39, 0.29) is 12.6 Å². The number of ether oxygens (including phenoxy) is 1. The molecule has 0 bridgehead atoms. The van der Waals surface area contributed by atoms with Crippen molar-refractivity contribution >= 4 is 22.4 Å². The number of aromatic nitrogens is 1. The van der Waals surface area contributed by atoms with E-state index in [0.29, 0.717) is 42.7 Å². The Morgan fingerprint density at radius 1 is 1.64 bits per heavy atom. The topological polar surface area (TPSA) is 71.7 Å². The van der Waals surface area contributed by atoms with E-state index < -0.39 is 17.0 Å². The summed E-state index contributed by atoms with van der Waals surface area (Å²) in [5, 5.41) is 0.332. The Bertz CT molecular complexity index is 523. The fourth-order valence-electron chi connectivity index (χ4n) is 2.22. The number of hydrogen-bond donors (Lipinski definition) is 1. The highest BCUT2D eigenvalue weighted by Crippen LogP contribution is 2.36. The number of alkyl halides is 3. The number of nitrogens with zero attached hydrogens (tertiary/aromatic N) is 3. The molecule has 0 spiro atoms. The zero-order valence-corrected chi connectivity index (χ0v) is 12.8. The molecule has 1 aromatic rings. The van der Waals surface area contributed by atoms with E-state index in [0.717, 1.165) is 6.20 Å². The van der Waals surface area contributed by atoms with Crippen LogP contribution in [0.2, 0.25) is 0 Å². The average molecular weight is 338 g/mol. The lowest BCUT2D eigenvalue weighted by Crippen LogP contribution is -2.48. The van der Waals surface area contributed by atoms with Gasteiger partial charge in [0.05, 0.1) is 25.5 Å². The maximum absolute atomic E-state index is 12.6. The summed E-state index contributed by atoms with van der Waals surface area (Å²) in [6.45, 7) is 1.89. The van der Waals surface area contributed by atoms with E-state index in [4.69, 9.17) is 10.5 Å². The van der Waals surface area contributed by atoms with Crippen molar-refractivity contribution in [1.29, 1.82) is 0 Å². The minimum Gasteiger partial charge on any atom is -0.373 e. The standard InChI is InChI=1S/C12H17F3N4O2S/c1-18(7-10(16)20)5-8-6-19(2-3-21-8)11-17-4-9(22-11)12(13,14)15/h4,8H,2-3,5-7H2,1H3,(H2,16,20)/t8-/m0/s1. The number of hydrogen-bond acceptors (Lipinski definition) is 6. The fraction of sp³-hybridized carbons (Fsp3) is 0.667. The molecular formula is C12H17F3N4O2S. The Labute approximate surface area is 129 Å². The molecule has 1 aromatic heterocycles. The minimum atomic E-state index is -4.37. The third kappa shape index (κ3) is 4.55. The van der Waals surface area contributed by atoms with Crippen molar-refractivity contribution in [2.24, 2.45) is 5.73 Å². The van der Waals surface area contributed by atoms with E-state index in [1.807, 2.05) is 0 Å². The second-order valence-corrected chi connectivity index (χ2v) is 6.12. The van der Waals surface area contributed by atoms with Crippen LogP contribution >= 0.6 is 11.3 Å². The maximum Gasteiger partial charge on any atom is 0.427 e. The lowest BCUT2D eigenvalue weighted by molar-refractivity contribution is -0.134. The van der Waals surface area contributed by atoms with Gasteiger partial charge in [-0.25, -0.2) is 4.98 Å². The van der Waals surface area contributed by atoms with Crippen molar-refractivity contribution < 1.29 is 22.7 Å². The molecule has 1 aliphatic rings. The lowest BCUT2D eigenvalue weighted by atomic mass is 10.2. The molecule has 1 atom stereocenters. The van der Waals surface area contributed by atoms with E-state index in [1.54, 1.807) is 16.8 Å². The Hall–Kier alpha value is -1.39. The molecule has 0 aromatic carbocycles. The minimum absolute atomic E-state index is 0.106. The van der Waals surface area contributed by atoms with Crippen LogP contribution in [-0.2, 0) is 15.7 Å². The van der Waals surface area contributed by atoms with Crippen molar-refractivity contribution in [3.05, 3.63) is 11.1 Å². The molecule has 1 fully saturated rings. The molecule has 2 N–H and O–H groups in total. The van der Waals surface area contributed by atoms with Crippen LogP contribution in [0.1, 0.15) is 4.88 Å². The number of nitrogens with two attached hydrogens (primary N) is 1. The largest absolute Gasteiger partial charge is 0.427 e. The lowest BCUT2D eigenvalue weighted by Gasteiger charge is -2.34. The monoisotopic (exact) mass is 338 g/mol. The molecule has 6 nitrogen and oxygen atoms in total. The predicted molar refractivity (Wildman–Crippen MR) is 75.8 cm³/mol. The van der Waals surface area contributed by atoms with E-state index in [1.165, 1.54) is 0 Å². The van der Waals surface area contributed by atoms with Gasteiger partial charge in [0.2, 0.25) is 5.91 Å². The Morgan fingerprint density at radius 2 is 2.36 bits per heavy atom. The maximum atomic E-state index is 12.6. The van der Waals surface area contributed by atoms with Gasteiger partial charge in [0.1, 0.15) is 4.88 Å². The molecule has 22 heavy (non-hydrogen) atoms. The SMILES string of the molecule is CN(CC(N)=O)C[C@H]1CN(c2ncc(C(F)(F)F)s2)CCO1. The summed E-state index contributed by atoms with van der Waals surface area (Å²) in [6.07, 6.45) is -3.73. The Balaban J connectivity index is 1.95. The smallest absolute Gasteiger partial charge is 0.373 e. The molecule has 0 radical (unpaired) electrons. The summed E-state index contributed by atoms with van der Waals surface area (Å²) < 4.78 is 43.4. The second-order valence-electron chi connectivity index (χ2n) is 5.11. The van der Waals surface area contributed by atoms with Gasteiger partial charge in [-0.1, -0.05) is 11.3 Å². The predicted octanol–water partition coefficient (Wildman–Crippen LogP) is 0.784. The summed E-state index contributed by atoms with van der Waals surface area (Å²) >= 11 is 0.624. The molecule has 1 amide bonds. The van der Waals surface area contributed by atoms with Crippen molar-refractivity contribution in [3.8, 4) is 0 Å². The number of amides is 1. The number of carbonyl (C=O) groups excluding carboxylic acids is 1. The van der Waals surface area contributed by atoms with Crippen LogP contribution in [0.25, 0.3) is 0 Å². The van der Waals surface area contributed by atoms with Gasteiger partial charge < -0.3 is 15.4 Å². The zero-order chi connectivity index (χ0) is 16.3. The molecular weight excluding hydrogens is 321 g/mol. The van der Waals surface area contributed by atoms with Gasteiger partial charge >= 0.3 is 6.18 Å². The first-order chi connectivity index (χ1) is 10.3. The van der Waals surface area contributed by atoms with Gasteiger partial charge in [0.25, 0.3) is 0 Å². The van der Waals surface area contributed by atoms with Gasteiger partial charge in [0.15, 0.2) is 5.13 Å². The fourth-order valence-corrected chi connectivity index (χ4v) is 3.04. The second kappa shape index (κ2) is 6.80. The van der Waals surface area contributed by atoms with Gasteiger partial charge in [-0.15, -0.1) is 0 Å². The quantitative estimate of drug-likeness (QED) is 0.859. The highest BCUT2D eigenvalue weighted by molar-refractivity contribution is 7.15. The van der Waals surface area contributed by atoms with E-state index in [9.17, 15) is 18.0 Å². The summed E-state index contributed by atoms with van der Waals surface area (Å²) in [5.74, 6) is -0.440. The van der Waals surface area contributed by atoms with Crippen LogP contribution in [0.3, 0.4) is 0 Å². The number of primary amides is 1. The van der Waals surface area contributed by atoms with Crippen LogP contribution in [-0.4, -0.2) is 61.7 Å². The third-order valence-electron chi connectivity index (χ3n) is 3.12. The van der Waals surface area contributed by atoms with E-state index in [2.05, 4.69) is 4.98 Å². The summed E-state index contributed by atoms with van der Waals surface area (Å²) in [6, 6.07) is 0. The first-order valence-electron chi connectivity index (χ1n) is 6.62. The van der Waals surface area contributed by atoms with Gasteiger partial charge in [-0.05, 0) is 7.05 Å². The molecule has 0 saturated carbocycles. The van der Waals surface area contributed by atoms with Crippen LogP contribution in [0.15, 0.2) is 6.20 Å². The zero-order valence-electron chi connectivity index (χ0n) is 12.0. The van der Waals surface area contributed by atoms with Crippen LogP contribution < -0.4 is 10.6 Å². The van der Waals surface area contributed by atoms with Crippen molar-refractivity contribution in [1.82, 2.24) is 9.88 Å². The number of morpholine rings is 1. The molecule has 0 unspecified atom stereocenters. The van der Waals surface area contributed by atoms with Crippen molar-refractivity contribution in [3.63, 3.8) is 0 Å².